The number of benzene rings is 1. The number of aryl methyl sites for hydroxylation is 1. The maximum Gasteiger partial charge on any atom is 0.213 e. The molecule has 3 aromatic rings. The summed E-state index contributed by atoms with van der Waals surface area (Å²) in [6.45, 7) is 1.80. The highest BCUT2D eigenvalue weighted by Crippen LogP contribution is 2.32. The Labute approximate surface area is 145 Å². The molecule has 0 saturated carbocycles. The summed E-state index contributed by atoms with van der Waals surface area (Å²) < 4.78 is 1.03. The van der Waals surface area contributed by atoms with Crippen molar-refractivity contribution in [2.75, 3.05) is 11.9 Å². The van der Waals surface area contributed by atoms with Crippen LogP contribution in [0.5, 0.6) is 0 Å². The molecule has 2 aromatic heterocycles. The Morgan fingerprint density at radius 2 is 1.86 bits per heavy atom. The lowest BCUT2D eigenvalue weighted by molar-refractivity contribution is 0.987. The topological polar surface area (TPSA) is 54.8 Å². The third-order valence-electron chi connectivity index (χ3n) is 2.93. The normalized spacial score (nSPS) is 10.7. The first kappa shape index (κ1) is 15.3. The zero-order chi connectivity index (χ0) is 15.7. The van der Waals surface area contributed by atoms with Gasteiger partial charge in [0.05, 0.1) is 0 Å². The molecule has 2 heterocycles. The second-order valence-corrected chi connectivity index (χ2v) is 6.81. The Morgan fingerprint density at radius 3 is 2.55 bits per heavy atom. The maximum absolute atomic E-state index is 5.98. The fourth-order valence-electron chi connectivity index (χ4n) is 1.85. The van der Waals surface area contributed by atoms with E-state index in [1.165, 1.54) is 11.3 Å². The molecule has 8 heteroatoms. The lowest BCUT2D eigenvalue weighted by atomic mass is 10.2. The summed E-state index contributed by atoms with van der Waals surface area (Å²) in [6, 6.07) is 9.66. The van der Waals surface area contributed by atoms with Crippen molar-refractivity contribution in [1.29, 1.82) is 0 Å². The number of hydrogen-bond donors (Lipinski definition) is 0. The molecule has 0 spiro atoms. The molecule has 112 valence electrons. The highest BCUT2D eigenvalue weighted by Gasteiger charge is 2.14. The van der Waals surface area contributed by atoms with Gasteiger partial charge in [0.15, 0.2) is 0 Å². The van der Waals surface area contributed by atoms with Gasteiger partial charge in [-0.05, 0) is 19.1 Å². The van der Waals surface area contributed by atoms with Crippen LogP contribution in [0.25, 0.3) is 10.6 Å². The molecule has 3 rings (SSSR count). The van der Waals surface area contributed by atoms with Crippen molar-refractivity contribution in [2.24, 2.45) is 0 Å². The van der Waals surface area contributed by atoms with Gasteiger partial charge < -0.3 is 4.90 Å². The van der Waals surface area contributed by atoms with Crippen molar-refractivity contribution >= 4 is 49.8 Å². The molecule has 5 nitrogen and oxygen atoms in total. The van der Waals surface area contributed by atoms with E-state index in [0.717, 1.165) is 20.2 Å². The Hall–Kier alpha value is -1.57. The number of nitrogens with zero attached hydrogens (tertiary/aromatic N) is 5. The zero-order valence-electron chi connectivity index (χ0n) is 11.8. The van der Waals surface area contributed by atoms with E-state index >= 15 is 0 Å². The number of rotatable bonds is 3. The zero-order valence-corrected chi connectivity index (χ0v) is 14.9. The van der Waals surface area contributed by atoms with Crippen molar-refractivity contribution in [3.63, 3.8) is 0 Å². The predicted molar refractivity (Wildman–Crippen MR) is 92.9 cm³/mol. The van der Waals surface area contributed by atoms with E-state index in [-0.39, 0.29) is 0 Å². The SMILES string of the molecule is Cc1nc(Cl)cc(N(C)c2nnc(-c3ccc(Br)cc3)s2)n1. The highest BCUT2D eigenvalue weighted by atomic mass is 79.9. The number of halogens is 2. The minimum atomic E-state index is 0.409. The molecule has 0 radical (unpaired) electrons. The van der Waals surface area contributed by atoms with Crippen LogP contribution in [0, 0.1) is 6.92 Å². The van der Waals surface area contributed by atoms with Crippen LogP contribution >= 0.6 is 38.9 Å². The molecule has 0 bridgehead atoms. The van der Waals surface area contributed by atoms with Gasteiger partial charge >= 0.3 is 0 Å². The van der Waals surface area contributed by atoms with Crippen molar-refractivity contribution in [3.8, 4) is 10.6 Å². The first-order valence-electron chi connectivity index (χ1n) is 6.37. The van der Waals surface area contributed by atoms with Gasteiger partial charge in [-0.25, -0.2) is 9.97 Å². The second kappa shape index (κ2) is 6.28. The molecule has 1 aromatic carbocycles. The second-order valence-electron chi connectivity index (χ2n) is 4.55. The standard InChI is InChI=1S/C14H11BrClN5S/c1-8-17-11(16)7-12(18-8)21(2)14-20-19-13(22-14)9-3-5-10(15)6-4-9/h3-7H,1-2H3. The van der Waals surface area contributed by atoms with Gasteiger partial charge in [-0.15, -0.1) is 10.2 Å². The number of aromatic nitrogens is 4. The summed E-state index contributed by atoms with van der Waals surface area (Å²) >= 11 is 10.9. The lowest BCUT2D eigenvalue weighted by Crippen LogP contribution is -2.12. The Kier molecular flexibility index (Phi) is 4.37. The molecule has 0 amide bonds. The van der Waals surface area contributed by atoms with Crippen molar-refractivity contribution < 1.29 is 0 Å². The average Bonchev–Trinajstić information content (AvgIpc) is 2.96. The molecule has 0 aliphatic carbocycles. The van der Waals surface area contributed by atoms with Crippen molar-refractivity contribution in [2.45, 2.75) is 6.92 Å². The minimum Gasteiger partial charge on any atom is -0.304 e. The third-order valence-corrected chi connectivity index (χ3v) is 4.70. The maximum atomic E-state index is 5.98. The monoisotopic (exact) mass is 395 g/mol. The van der Waals surface area contributed by atoms with Gasteiger partial charge in [-0.2, -0.15) is 0 Å². The van der Waals surface area contributed by atoms with E-state index < -0.39 is 0 Å². The van der Waals surface area contributed by atoms with Crippen LogP contribution in [-0.4, -0.2) is 27.2 Å². The quantitative estimate of drug-likeness (QED) is 0.611. The molecule has 0 aliphatic rings. The van der Waals surface area contributed by atoms with Crippen LogP contribution in [0.3, 0.4) is 0 Å². The van der Waals surface area contributed by atoms with E-state index in [4.69, 9.17) is 11.6 Å². The molecule has 22 heavy (non-hydrogen) atoms. The summed E-state index contributed by atoms with van der Waals surface area (Å²) in [7, 11) is 1.88. The summed E-state index contributed by atoms with van der Waals surface area (Å²) in [6.07, 6.45) is 0. The van der Waals surface area contributed by atoms with Crippen LogP contribution in [0.1, 0.15) is 5.82 Å². The van der Waals surface area contributed by atoms with Gasteiger partial charge in [0.1, 0.15) is 21.8 Å². The van der Waals surface area contributed by atoms with Gasteiger partial charge in [0.25, 0.3) is 0 Å². The lowest BCUT2D eigenvalue weighted by Gasteiger charge is -2.14. The minimum absolute atomic E-state index is 0.409. The Morgan fingerprint density at radius 1 is 1.14 bits per heavy atom. The number of anilines is 2. The molecular weight excluding hydrogens is 386 g/mol. The Balaban J connectivity index is 1.91. The highest BCUT2D eigenvalue weighted by molar-refractivity contribution is 9.10. The smallest absolute Gasteiger partial charge is 0.213 e. The van der Waals surface area contributed by atoms with Crippen molar-refractivity contribution in [1.82, 2.24) is 20.2 Å². The van der Waals surface area contributed by atoms with Gasteiger partial charge in [0.2, 0.25) is 5.13 Å². The summed E-state index contributed by atoms with van der Waals surface area (Å²) in [4.78, 5) is 10.3. The average molecular weight is 397 g/mol. The van der Waals surface area contributed by atoms with Crippen LogP contribution in [0.15, 0.2) is 34.8 Å². The number of hydrogen-bond acceptors (Lipinski definition) is 6. The van der Waals surface area contributed by atoms with Gasteiger partial charge in [-0.1, -0.05) is 51.0 Å². The van der Waals surface area contributed by atoms with Crippen molar-refractivity contribution in [3.05, 3.63) is 45.8 Å². The molecule has 0 unspecified atom stereocenters. The largest absolute Gasteiger partial charge is 0.304 e. The Bertz CT molecular complexity index is 785. The van der Waals surface area contributed by atoms with E-state index in [2.05, 4.69) is 36.1 Å². The van der Waals surface area contributed by atoms with Crippen LogP contribution in [-0.2, 0) is 0 Å². The molecule has 0 N–H and O–H groups in total. The summed E-state index contributed by atoms with van der Waals surface area (Å²) in [5.41, 5.74) is 1.03. The molecule has 0 fully saturated rings. The van der Waals surface area contributed by atoms with Crippen LogP contribution in [0.4, 0.5) is 10.9 Å². The summed E-state index contributed by atoms with van der Waals surface area (Å²) in [5, 5.41) is 10.5. The molecular formula is C14H11BrClN5S. The van der Waals surface area contributed by atoms with E-state index in [1.54, 1.807) is 13.0 Å². The fourth-order valence-corrected chi connectivity index (χ4v) is 3.15. The van der Waals surface area contributed by atoms with E-state index in [0.29, 0.717) is 16.8 Å². The van der Waals surface area contributed by atoms with Gasteiger partial charge in [-0.3, -0.25) is 0 Å². The summed E-state index contributed by atoms with van der Waals surface area (Å²) in [5.74, 6) is 1.31. The van der Waals surface area contributed by atoms with E-state index in [1.807, 2.05) is 36.2 Å². The molecule has 0 atom stereocenters. The molecule has 0 saturated heterocycles. The van der Waals surface area contributed by atoms with Crippen LogP contribution < -0.4 is 4.90 Å². The molecule has 0 aliphatic heterocycles. The third kappa shape index (κ3) is 3.26. The predicted octanol–water partition coefficient (Wildman–Crippen LogP) is 4.49. The first-order chi connectivity index (χ1) is 10.5. The first-order valence-corrected chi connectivity index (χ1v) is 8.36. The van der Waals surface area contributed by atoms with Crippen LogP contribution in [0.2, 0.25) is 5.15 Å². The van der Waals surface area contributed by atoms with Gasteiger partial charge in [0, 0.05) is 23.2 Å². The van der Waals surface area contributed by atoms with E-state index in [9.17, 15) is 0 Å². The fraction of sp³-hybridized carbons (Fsp3) is 0.143.